The summed E-state index contributed by atoms with van der Waals surface area (Å²) in [5.74, 6) is -2.83. The van der Waals surface area contributed by atoms with Crippen molar-refractivity contribution >= 4 is 69.9 Å². The summed E-state index contributed by atoms with van der Waals surface area (Å²) >= 11 is 24.5. The first-order valence-electron chi connectivity index (χ1n) is 11.7. The van der Waals surface area contributed by atoms with Gasteiger partial charge in [-0.3, -0.25) is 19.2 Å². The Morgan fingerprint density at radius 2 is 1.50 bits per heavy atom. The van der Waals surface area contributed by atoms with E-state index in [2.05, 4.69) is 0 Å². The number of hydrazine groups is 1. The van der Waals surface area contributed by atoms with Gasteiger partial charge in [0.2, 0.25) is 0 Å². The molecule has 1 saturated heterocycles. The van der Waals surface area contributed by atoms with Gasteiger partial charge in [-0.2, -0.15) is 5.01 Å². The van der Waals surface area contributed by atoms with Crippen molar-refractivity contribution in [2.75, 3.05) is 5.88 Å². The number of imide groups is 1. The van der Waals surface area contributed by atoms with Crippen LogP contribution in [-0.4, -0.2) is 45.4 Å². The fraction of sp³-hybridized carbons (Fsp3) is 0.385. The lowest BCUT2D eigenvalue weighted by Crippen LogP contribution is -2.58. The normalized spacial score (nSPS) is 25.3. The number of nitrogens with zero attached hydrogens (tertiary/aromatic N) is 2. The van der Waals surface area contributed by atoms with Crippen molar-refractivity contribution in [1.82, 2.24) is 10.0 Å². The number of hydrogen-bond acceptors (Lipinski definition) is 4. The van der Waals surface area contributed by atoms with Crippen LogP contribution >= 0.6 is 46.4 Å². The molecule has 0 aromatic heterocycles. The zero-order chi connectivity index (χ0) is 25.7. The molecule has 3 fully saturated rings. The Labute approximate surface area is 228 Å². The molecule has 6 nitrogen and oxygen atoms in total. The first kappa shape index (κ1) is 25.5. The van der Waals surface area contributed by atoms with Gasteiger partial charge in [0.1, 0.15) is 6.04 Å². The minimum Gasteiger partial charge on any atom is -0.292 e. The summed E-state index contributed by atoms with van der Waals surface area (Å²) in [5, 5.41) is 2.68. The van der Waals surface area contributed by atoms with E-state index in [0.29, 0.717) is 10.0 Å². The van der Waals surface area contributed by atoms with Crippen molar-refractivity contribution < 1.29 is 19.2 Å². The van der Waals surface area contributed by atoms with Crippen LogP contribution in [0, 0.1) is 23.7 Å². The van der Waals surface area contributed by atoms with Crippen molar-refractivity contribution in [3.63, 3.8) is 0 Å². The Kier molecular flexibility index (Phi) is 7.07. The molecule has 0 radical (unpaired) electrons. The molecule has 188 valence electrons. The monoisotopic (exact) mass is 566 g/mol. The minimum absolute atomic E-state index is 0.0104. The number of fused-ring (bicyclic) bond motifs is 5. The van der Waals surface area contributed by atoms with E-state index in [-0.39, 0.29) is 40.3 Å². The summed E-state index contributed by atoms with van der Waals surface area (Å²) in [5.41, 5.74) is 0.291. The van der Waals surface area contributed by atoms with Crippen molar-refractivity contribution in [3.8, 4) is 0 Å². The Balaban J connectivity index is 1.61. The lowest BCUT2D eigenvalue weighted by atomic mass is 9.81. The molecule has 36 heavy (non-hydrogen) atoms. The van der Waals surface area contributed by atoms with Gasteiger partial charge in [0.15, 0.2) is 5.78 Å². The van der Waals surface area contributed by atoms with Gasteiger partial charge in [0.05, 0.1) is 22.4 Å². The van der Waals surface area contributed by atoms with E-state index >= 15 is 0 Å². The van der Waals surface area contributed by atoms with Gasteiger partial charge in [0, 0.05) is 21.5 Å². The molecule has 0 N–H and O–H groups in total. The molecule has 0 spiro atoms. The predicted molar refractivity (Wildman–Crippen MR) is 137 cm³/mol. The fourth-order valence-corrected chi connectivity index (χ4v) is 6.86. The average molecular weight is 568 g/mol. The van der Waals surface area contributed by atoms with E-state index in [0.717, 1.165) is 29.3 Å². The molecular weight excluding hydrogens is 546 g/mol. The van der Waals surface area contributed by atoms with Crippen LogP contribution in [0.25, 0.3) is 0 Å². The Morgan fingerprint density at radius 3 is 2.06 bits per heavy atom. The van der Waals surface area contributed by atoms with Gasteiger partial charge in [-0.25, -0.2) is 5.01 Å². The van der Waals surface area contributed by atoms with Crippen LogP contribution in [0.2, 0.25) is 15.1 Å². The molecule has 3 aliphatic rings. The Morgan fingerprint density at radius 1 is 0.917 bits per heavy atom. The zero-order valence-corrected chi connectivity index (χ0v) is 22.0. The number of Topliss-reactive ketones (excluding diaryl/α,β-unsaturated/α-hetero) is 1. The van der Waals surface area contributed by atoms with E-state index in [4.69, 9.17) is 46.4 Å². The molecule has 2 saturated carbocycles. The highest BCUT2D eigenvalue weighted by molar-refractivity contribution is 6.37. The van der Waals surface area contributed by atoms with E-state index in [1.165, 1.54) is 30.3 Å². The molecule has 2 aromatic carbocycles. The van der Waals surface area contributed by atoms with Crippen LogP contribution in [0.4, 0.5) is 0 Å². The Bertz CT molecular complexity index is 1220. The quantitative estimate of drug-likeness (QED) is 0.236. The highest BCUT2D eigenvalue weighted by Gasteiger charge is 2.63. The summed E-state index contributed by atoms with van der Waals surface area (Å²) in [6, 6.07) is 9.27. The molecule has 2 bridgehead atoms. The van der Waals surface area contributed by atoms with Crippen molar-refractivity contribution in [2.24, 2.45) is 23.7 Å². The lowest BCUT2D eigenvalue weighted by Gasteiger charge is -2.37. The highest BCUT2D eigenvalue weighted by atomic mass is 35.5. The third-order valence-corrected chi connectivity index (χ3v) is 8.62. The summed E-state index contributed by atoms with van der Waals surface area (Å²) < 4.78 is 0. The minimum atomic E-state index is -1.22. The molecule has 2 aliphatic carbocycles. The number of carbonyl (C=O) groups excluding carboxylic acids is 4. The van der Waals surface area contributed by atoms with Gasteiger partial charge in [-0.05, 0) is 80.0 Å². The van der Waals surface area contributed by atoms with Gasteiger partial charge >= 0.3 is 0 Å². The van der Waals surface area contributed by atoms with Crippen LogP contribution in [0.1, 0.15) is 46.4 Å². The maximum Gasteiger partial charge on any atom is 0.275 e. The summed E-state index contributed by atoms with van der Waals surface area (Å²) in [7, 11) is 0. The fourth-order valence-electron chi connectivity index (χ4n) is 6.04. The van der Waals surface area contributed by atoms with Crippen molar-refractivity contribution in [2.45, 2.75) is 31.7 Å². The molecule has 0 unspecified atom stereocenters. The van der Waals surface area contributed by atoms with Crippen molar-refractivity contribution in [1.29, 1.82) is 0 Å². The molecule has 1 heterocycles. The number of ketones is 1. The number of benzene rings is 2. The predicted octanol–water partition coefficient (Wildman–Crippen LogP) is 5.92. The molecule has 2 aromatic rings. The molecule has 5 rings (SSSR count). The van der Waals surface area contributed by atoms with Crippen LogP contribution in [0.3, 0.4) is 0 Å². The second-order valence-corrected chi connectivity index (χ2v) is 11.2. The molecule has 3 amide bonds. The molecular formula is C26H22Cl4N2O4. The smallest absolute Gasteiger partial charge is 0.275 e. The first-order valence-corrected chi connectivity index (χ1v) is 13.4. The molecule has 1 aliphatic heterocycles. The summed E-state index contributed by atoms with van der Waals surface area (Å²) in [4.78, 5) is 55.1. The van der Waals surface area contributed by atoms with Crippen LogP contribution in [0.15, 0.2) is 42.5 Å². The van der Waals surface area contributed by atoms with E-state index in [1.807, 2.05) is 0 Å². The average Bonchev–Trinajstić information content (AvgIpc) is 3.53. The second-order valence-electron chi connectivity index (χ2n) is 9.51. The highest BCUT2D eigenvalue weighted by Crippen LogP contribution is 2.56. The van der Waals surface area contributed by atoms with Gasteiger partial charge in [-0.15, -0.1) is 11.6 Å². The molecule has 10 heteroatoms. The topological polar surface area (TPSA) is 74.8 Å². The SMILES string of the molecule is O=C(c1ccc(Cl)cc1)[C@H](CCCl)N(C(=O)c1ccc(Cl)cc1Cl)N1C(=O)[C@@H]2[C@H]3CC[C@@H](C3)[C@H]2C1=O. The van der Waals surface area contributed by atoms with E-state index in [1.54, 1.807) is 12.1 Å². The van der Waals surface area contributed by atoms with Gasteiger partial charge < -0.3 is 0 Å². The van der Waals surface area contributed by atoms with Crippen LogP contribution in [0.5, 0.6) is 0 Å². The Hall–Kier alpha value is -2.12. The first-order chi connectivity index (χ1) is 17.2. The number of halogens is 4. The maximum atomic E-state index is 14.0. The molecule has 5 atom stereocenters. The number of alkyl halides is 1. The lowest BCUT2D eigenvalue weighted by molar-refractivity contribution is -0.157. The van der Waals surface area contributed by atoms with Crippen LogP contribution < -0.4 is 0 Å². The largest absolute Gasteiger partial charge is 0.292 e. The van der Waals surface area contributed by atoms with Crippen LogP contribution in [-0.2, 0) is 9.59 Å². The van der Waals surface area contributed by atoms with Gasteiger partial charge in [0.25, 0.3) is 17.7 Å². The standard InChI is InChI=1S/C26H22Cl4N2O4/c27-10-9-20(23(33)13-3-5-16(28)6-4-13)31(24(34)18-8-7-17(29)12-19(18)30)32-25(35)21-14-1-2-15(11-14)22(21)26(32)36/h3-8,12,14-15,20-22H,1-2,9-11H2/t14-,15-,20-,21+,22+/m0/s1. The number of amides is 3. The maximum absolute atomic E-state index is 14.0. The number of rotatable bonds is 7. The number of hydrogen-bond donors (Lipinski definition) is 0. The summed E-state index contributed by atoms with van der Waals surface area (Å²) in [6.45, 7) is 0. The van der Waals surface area contributed by atoms with Gasteiger partial charge in [-0.1, -0.05) is 34.8 Å². The van der Waals surface area contributed by atoms with E-state index < -0.39 is 41.4 Å². The zero-order valence-electron chi connectivity index (χ0n) is 19.0. The van der Waals surface area contributed by atoms with E-state index in [9.17, 15) is 19.2 Å². The third kappa shape index (κ3) is 4.22. The third-order valence-electron chi connectivity index (χ3n) is 7.60. The van der Waals surface area contributed by atoms with Crippen molar-refractivity contribution in [3.05, 3.63) is 68.7 Å². The summed E-state index contributed by atoms with van der Waals surface area (Å²) in [6.07, 6.45) is 2.61. The second kappa shape index (κ2) is 9.97. The number of carbonyl (C=O) groups is 4.